The molecule has 2 aliphatic rings. The van der Waals surface area contributed by atoms with E-state index in [1.165, 1.54) is 23.9 Å². The van der Waals surface area contributed by atoms with Crippen LogP contribution in [0, 0.1) is 0 Å². The lowest BCUT2D eigenvalue weighted by molar-refractivity contribution is -0.116. The molecule has 0 fully saturated rings. The molecule has 160 valence electrons. The molecule has 2 aromatic rings. The highest BCUT2D eigenvalue weighted by Gasteiger charge is 2.34. The number of carbonyl (C=O) groups excluding carboxylic acids is 1. The van der Waals surface area contributed by atoms with Crippen LogP contribution in [0.15, 0.2) is 57.0 Å². The van der Waals surface area contributed by atoms with E-state index in [9.17, 15) is 14.7 Å². The second-order valence-corrected chi connectivity index (χ2v) is 9.20. The smallest absolute Gasteiger partial charge is 0.335 e. The fourth-order valence-corrected chi connectivity index (χ4v) is 4.67. The summed E-state index contributed by atoms with van der Waals surface area (Å²) in [6.45, 7) is 2.15. The van der Waals surface area contributed by atoms with Crippen LogP contribution < -0.4 is 15.9 Å². The van der Waals surface area contributed by atoms with Crippen molar-refractivity contribution in [1.82, 2.24) is 10.3 Å². The summed E-state index contributed by atoms with van der Waals surface area (Å²) in [6.07, 6.45) is 2.74. The number of halogens is 1. The van der Waals surface area contributed by atoms with Gasteiger partial charge in [-0.15, -0.1) is 5.10 Å². The van der Waals surface area contributed by atoms with E-state index in [-0.39, 0.29) is 11.5 Å². The van der Waals surface area contributed by atoms with Crippen molar-refractivity contribution in [1.29, 1.82) is 0 Å². The number of carboxylic acids is 1. The first-order valence-electron chi connectivity index (χ1n) is 10.0. The molecule has 9 heteroatoms. The number of nitrogens with zero attached hydrogens (tertiary/aromatic N) is 3. The van der Waals surface area contributed by atoms with Gasteiger partial charge in [0.15, 0.2) is 11.3 Å². The first-order valence-corrected chi connectivity index (χ1v) is 11.8. The molecule has 4 rings (SSSR count). The number of unbranched alkanes of at least 4 members (excludes halogenated alkanes) is 2. The number of fused-ring (bicyclic) bond motifs is 2. The molecule has 2 aromatic carbocycles. The Morgan fingerprint density at radius 2 is 2.00 bits per heavy atom. The fourth-order valence-electron chi connectivity index (χ4n) is 3.45. The van der Waals surface area contributed by atoms with E-state index in [1.807, 2.05) is 18.2 Å². The highest BCUT2D eigenvalue weighted by atomic mass is 79.9. The van der Waals surface area contributed by atoms with Crippen molar-refractivity contribution in [2.45, 2.75) is 32.4 Å². The number of carbonyl (C=O) groups is 2. The van der Waals surface area contributed by atoms with Crippen molar-refractivity contribution in [2.24, 2.45) is 10.1 Å². The average Bonchev–Trinajstić information content (AvgIpc) is 2.76. The number of benzene rings is 2. The van der Waals surface area contributed by atoms with Gasteiger partial charge in [0.25, 0.3) is 5.91 Å². The van der Waals surface area contributed by atoms with Crippen molar-refractivity contribution in [3.63, 3.8) is 0 Å². The first kappa shape index (κ1) is 21.6. The van der Waals surface area contributed by atoms with E-state index in [0.29, 0.717) is 21.4 Å². The zero-order valence-corrected chi connectivity index (χ0v) is 19.2. The number of hydrogen-bond donors (Lipinski definition) is 2. The predicted octanol–water partition coefficient (Wildman–Crippen LogP) is 3.21. The number of thioether (sulfide) groups is 1. The summed E-state index contributed by atoms with van der Waals surface area (Å²) >= 11 is 4.99. The van der Waals surface area contributed by atoms with Gasteiger partial charge < -0.3 is 5.11 Å². The van der Waals surface area contributed by atoms with Crippen LogP contribution in [0.3, 0.4) is 0 Å². The minimum absolute atomic E-state index is 0.195. The Morgan fingerprint density at radius 1 is 1.23 bits per heavy atom. The molecule has 2 aliphatic heterocycles. The van der Waals surface area contributed by atoms with Crippen molar-refractivity contribution in [3.8, 4) is 0 Å². The van der Waals surface area contributed by atoms with Gasteiger partial charge in [-0.05, 0) is 42.3 Å². The summed E-state index contributed by atoms with van der Waals surface area (Å²) in [7, 11) is 0. The predicted molar refractivity (Wildman–Crippen MR) is 124 cm³/mol. The van der Waals surface area contributed by atoms with E-state index in [2.05, 4.69) is 28.2 Å². The normalized spacial score (nSPS) is 17.3. The van der Waals surface area contributed by atoms with E-state index in [4.69, 9.17) is 10.1 Å². The molecule has 1 atom stereocenters. The number of nitrogens with one attached hydrogen (secondary N) is 1. The Labute approximate surface area is 192 Å². The SMILES string of the molecule is CCCCCSC1=NN2C(=c3cc(Br)ccc3=NC2c2ccc(C(=O)O)cc2)C(=O)N1. The average molecular weight is 501 g/mol. The van der Waals surface area contributed by atoms with Gasteiger partial charge in [0.1, 0.15) is 5.70 Å². The minimum Gasteiger partial charge on any atom is -0.478 e. The molecule has 0 radical (unpaired) electrons. The molecule has 0 aliphatic carbocycles. The van der Waals surface area contributed by atoms with Gasteiger partial charge in [-0.25, -0.2) is 9.80 Å². The standard InChI is InChI=1S/C22H21BrN4O3S/c1-2-3-4-11-31-22-25-20(28)18-16-12-15(23)9-10-17(16)24-19(27(18)26-22)13-5-7-14(8-6-13)21(29)30/h5-10,12,19H,2-4,11H2,1H3,(H,29,30)(H,25,26,28). The van der Waals surface area contributed by atoms with Crippen LogP contribution in [0.1, 0.15) is 48.3 Å². The van der Waals surface area contributed by atoms with Gasteiger partial charge in [-0.3, -0.25) is 15.1 Å². The summed E-state index contributed by atoms with van der Waals surface area (Å²) in [5.74, 6) is -0.349. The highest BCUT2D eigenvalue weighted by Crippen LogP contribution is 2.31. The van der Waals surface area contributed by atoms with Crippen LogP contribution in [-0.2, 0) is 4.79 Å². The third-order valence-corrected chi connectivity index (χ3v) is 6.46. The van der Waals surface area contributed by atoms with Gasteiger partial charge in [-0.2, -0.15) is 0 Å². The molecule has 2 heterocycles. The maximum atomic E-state index is 13.1. The van der Waals surface area contributed by atoms with E-state index >= 15 is 0 Å². The topological polar surface area (TPSA) is 94.4 Å². The fraction of sp³-hybridized carbons (Fsp3) is 0.273. The van der Waals surface area contributed by atoms with Gasteiger partial charge >= 0.3 is 5.97 Å². The van der Waals surface area contributed by atoms with Gasteiger partial charge in [-0.1, -0.05) is 59.6 Å². The van der Waals surface area contributed by atoms with Gasteiger partial charge in [0.05, 0.1) is 10.9 Å². The van der Waals surface area contributed by atoms with Crippen LogP contribution in [0.5, 0.6) is 0 Å². The lowest BCUT2D eigenvalue weighted by atomic mass is 10.1. The first-order chi connectivity index (χ1) is 15.0. The Bertz CT molecular complexity index is 1180. The number of amidine groups is 1. The third kappa shape index (κ3) is 4.52. The monoisotopic (exact) mass is 500 g/mol. The Balaban J connectivity index is 1.78. The molecule has 2 N–H and O–H groups in total. The number of rotatable bonds is 6. The molecule has 0 bridgehead atoms. The number of aromatic carboxylic acids is 1. The number of hydrazone groups is 1. The maximum Gasteiger partial charge on any atom is 0.335 e. The number of hydrogen-bond acceptors (Lipinski definition) is 6. The van der Waals surface area contributed by atoms with Crippen LogP contribution in [0.2, 0.25) is 0 Å². The Hall–Kier alpha value is -2.65. The summed E-state index contributed by atoms with van der Waals surface area (Å²) in [5, 5.41) is 20.4. The lowest BCUT2D eigenvalue weighted by Crippen LogP contribution is -2.50. The maximum absolute atomic E-state index is 13.1. The molecular formula is C22H21BrN4O3S. The van der Waals surface area contributed by atoms with Gasteiger partial charge in [0.2, 0.25) is 0 Å². The second kappa shape index (κ2) is 9.23. The molecule has 0 saturated heterocycles. The molecule has 1 unspecified atom stereocenters. The summed E-state index contributed by atoms with van der Waals surface area (Å²) < 4.78 is 0.842. The van der Waals surface area contributed by atoms with Crippen LogP contribution in [-0.4, -0.2) is 32.9 Å². The van der Waals surface area contributed by atoms with Crippen molar-refractivity contribution in [3.05, 3.63) is 68.6 Å². The molecule has 0 aromatic heterocycles. The van der Waals surface area contributed by atoms with Crippen LogP contribution in [0.25, 0.3) is 5.70 Å². The van der Waals surface area contributed by atoms with Gasteiger partial charge in [0, 0.05) is 15.4 Å². The zero-order chi connectivity index (χ0) is 22.0. The van der Waals surface area contributed by atoms with Crippen molar-refractivity contribution in [2.75, 3.05) is 5.75 Å². The quantitative estimate of drug-likeness (QED) is 0.593. The second-order valence-electron chi connectivity index (χ2n) is 7.20. The van der Waals surface area contributed by atoms with E-state index < -0.39 is 12.1 Å². The summed E-state index contributed by atoms with van der Waals surface area (Å²) in [5.41, 5.74) is 1.38. The summed E-state index contributed by atoms with van der Waals surface area (Å²) in [4.78, 5) is 29.2. The van der Waals surface area contributed by atoms with Crippen LogP contribution in [0.4, 0.5) is 0 Å². The Kier molecular flexibility index (Phi) is 6.43. The highest BCUT2D eigenvalue weighted by molar-refractivity contribution is 9.10. The largest absolute Gasteiger partial charge is 0.478 e. The lowest BCUT2D eigenvalue weighted by Gasteiger charge is -2.34. The summed E-state index contributed by atoms with van der Waals surface area (Å²) in [6, 6.07) is 12.1. The molecular weight excluding hydrogens is 480 g/mol. The van der Waals surface area contributed by atoms with Crippen molar-refractivity contribution >= 4 is 50.4 Å². The molecule has 0 spiro atoms. The minimum atomic E-state index is -0.990. The van der Waals surface area contributed by atoms with E-state index in [1.54, 1.807) is 17.1 Å². The third-order valence-electron chi connectivity index (χ3n) is 5.01. The number of carboxylic acid groups (broad SMARTS) is 1. The molecule has 31 heavy (non-hydrogen) atoms. The van der Waals surface area contributed by atoms with Crippen LogP contribution >= 0.6 is 27.7 Å². The number of amides is 1. The Morgan fingerprint density at radius 3 is 2.71 bits per heavy atom. The van der Waals surface area contributed by atoms with Crippen molar-refractivity contribution < 1.29 is 14.7 Å². The molecule has 1 amide bonds. The zero-order valence-electron chi connectivity index (χ0n) is 16.8. The van der Waals surface area contributed by atoms with E-state index in [0.717, 1.165) is 35.1 Å². The molecule has 0 saturated carbocycles. The molecule has 7 nitrogen and oxygen atoms in total.